The number of aliphatic carboxylic acids is 1. The molecule has 0 aliphatic carbocycles. The molecule has 0 aromatic carbocycles. The molecule has 1 unspecified atom stereocenters. The smallest absolute Gasteiger partial charge is 0.334 e. The second kappa shape index (κ2) is 5.14. The molecule has 6 heteroatoms. The first kappa shape index (κ1) is 12.5. The zero-order chi connectivity index (χ0) is 13.1. The second-order valence-corrected chi connectivity index (χ2v) is 4.13. The third kappa shape index (κ3) is 2.65. The SMILES string of the molecule is Cc1cc(C(=O)N2CCOC(C(=O)O)C2)ccn1. The Morgan fingerprint density at radius 2 is 2.33 bits per heavy atom. The first-order valence-electron chi connectivity index (χ1n) is 5.64. The van der Waals surface area contributed by atoms with Gasteiger partial charge in [-0.2, -0.15) is 0 Å². The summed E-state index contributed by atoms with van der Waals surface area (Å²) in [5.74, 6) is -1.23. The van der Waals surface area contributed by atoms with Crippen LogP contribution in [0.3, 0.4) is 0 Å². The summed E-state index contributed by atoms with van der Waals surface area (Å²) < 4.78 is 5.07. The van der Waals surface area contributed by atoms with E-state index in [1.807, 2.05) is 0 Å². The van der Waals surface area contributed by atoms with Gasteiger partial charge < -0.3 is 14.7 Å². The number of carboxylic acid groups (broad SMARTS) is 1. The molecule has 6 nitrogen and oxygen atoms in total. The van der Waals surface area contributed by atoms with Crippen molar-refractivity contribution in [3.05, 3.63) is 29.6 Å². The van der Waals surface area contributed by atoms with Gasteiger partial charge in [0.25, 0.3) is 5.91 Å². The minimum Gasteiger partial charge on any atom is -0.479 e. The summed E-state index contributed by atoms with van der Waals surface area (Å²) in [6.45, 7) is 2.53. The lowest BCUT2D eigenvalue weighted by Gasteiger charge is -2.30. The predicted octanol–water partition coefficient (Wildman–Crippen LogP) is 0.316. The molecule has 2 heterocycles. The topological polar surface area (TPSA) is 79.7 Å². The Labute approximate surface area is 104 Å². The molecule has 1 amide bonds. The molecule has 1 aliphatic heterocycles. The van der Waals surface area contributed by atoms with Crippen LogP contribution in [0.2, 0.25) is 0 Å². The van der Waals surface area contributed by atoms with Gasteiger partial charge in [0.2, 0.25) is 0 Å². The molecule has 0 spiro atoms. The first-order chi connectivity index (χ1) is 8.58. The Hall–Kier alpha value is -1.95. The molecule has 1 N–H and O–H groups in total. The third-order valence-electron chi connectivity index (χ3n) is 2.77. The van der Waals surface area contributed by atoms with E-state index in [1.54, 1.807) is 25.3 Å². The predicted molar refractivity (Wildman–Crippen MR) is 62.3 cm³/mol. The number of amides is 1. The van der Waals surface area contributed by atoms with Gasteiger partial charge >= 0.3 is 5.97 Å². The normalized spacial score (nSPS) is 19.6. The van der Waals surface area contributed by atoms with Crippen molar-refractivity contribution in [3.63, 3.8) is 0 Å². The summed E-state index contributed by atoms with van der Waals surface area (Å²) in [5.41, 5.74) is 1.28. The molecule has 2 rings (SSSR count). The van der Waals surface area contributed by atoms with E-state index in [1.165, 1.54) is 4.90 Å². The number of hydrogen-bond acceptors (Lipinski definition) is 4. The van der Waals surface area contributed by atoms with Crippen LogP contribution in [-0.2, 0) is 9.53 Å². The van der Waals surface area contributed by atoms with Crippen LogP contribution in [0.15, 0.2) is 18.3 Å². The Bertz CT molecular complexity index is 475. The standard InChI is InChI=1S/C12H14N2O4/c1-8-6-9(2-3-13-8)11(15)14-4-5-18-10(7-14)12(16)17/h2-3,6,10H,4-5,7H2,1H3,(H,16,17). The number of ether oxygens (including phenoxy) is 1. The van der Waals surface area contributed by atoms with Crippen LogP contribution in [0, 0.1) is 6.92 Å². The summed E-state index contributed by atoms with van der Waals surface area (Å²) in [4.78, 5) is 28.5. The fourth-order valence-corrected chi connectivity index (χ4v) is 1.84. The van der Waals surface area contributed by atoms with Crippen molar-refractivity contribution >= 4 is 11.9 Å². The highest BCUT2D eigenvalue weighted by atomic mass is 16.5. The van der Waals surface area contributed by atoms with Gasteiger partial charge in [0.05, 0.1) is 13.2 Å². The summed E-state index contributed by atoms with van der Waals surface area (Å²) in [5, 5.41) is 8.88. The second-order valence-electron chi connectivity index (χ2n) is 4.13. The molecular weight excluding hydrogens is 236 g/mol. The van der Waals surface area contributed by atoms with E-state index < -0.39 is 12.1 Å². The van der Waals surface area contributed by atoms with Crippen LogP contribution in [0.1, 0.15) is 16.1 Å². The van der Waals surface area contributed by atoms with E-state index in [9.17, 15) is 9.59 Å². The lowest BCUT2D eigenvalue weighted by atomic mass is 10.2. The average molecular weight is 250 g/mol. The molecule has 0 radical (unpaired) electrons. The number of carbonyl (C=O) groups is 2. The molecule has 96 valence electrons. The minimum atomic E-state index is -1.04. The van der Waals surface area contributed by atoms with Gasteiger partial charge in [0.15, 0.2) is 6.10 Å². The van der Waals surface area contributed by atoms with Crippen molar-refractivity contribution in [2.45, 2.75) is 13.0 Å². The highest BCUT2D eigenvalue weighted by Gasteiger charge is 2.29. The van der Waals surface area contributed by atoms with Gasteiger partial charge in [-0.15, -0.1) is 0 Å². The Balaban J connectivity index is 2.11. The zero-order valence-electron chi connectivity index (χ0n) is 10.00. The maximum Gasteiger partial charge on any atom is 0.334 e. The van der Waals surface area contributed by atoms with Gasteiger partial charge in [-0.1, -0.05) is 0 Å². The van der Waals surface area contributed by atoms with Gasteiger partial charge in [0, 0.05) is 24.0 Å². The highest BCUT2D eigenvalue weighted by molar-refractivity contribution is 5.94. The maximum atomic E-state index is 12.2. The van der Waals surface area contributed by atoms with Crippen LogP contribution < -0.4 is 0 Å². The van der Waals surface area contributed by atoms with Crippen molar-refractivity contribution in [2.24, 2.45) is 0 Å². The lowest BCUT2D eigenvalue weighted by molar-refractivity contribution is -0.154. The van der Waals surface area contributed by atoms with Gasteiger partial charge in [0.1, 0.15) is 0 Å². The summed E-state index contributed by atoms with van der Waals surface area (Å²) in [6, 6.07) is 3.31. The van der Waals surface area contributed by atoms with Crippen LogP contribution in [0.5, 0.6) is 0 Å². The minimum absolute atomic E-state index is 0.0789. The molecule has 0 saturated carbocycles. The van der Waals surface area contributed by atoms with Crippen molar-refractivity contribution in [3.8, 4) is 0 Å². The number of hydrogen-bond donors (Lipinski definition) is 1. The van der Waals surface area contributed by atoms with Crippen molar-refractivity contribution in [1.29, 1.82) is 0 Å². The molecule has 1 fully saturated rings. The summed E-state index contributed by atoms with van der Waals surface area (Å²) in [7, 11) is 0. The number of rotatable bonds is 2. The molecular formula is C12H14N2O4. The first-order valence-corrected chi connectivity index (χ1v) is 5.64. The van der Waals surface area contributed by atoms with Gasteiger partial charge in [-0.05, 0) is 19.1 Å². The fraction of sp³-hybridized carbons (Fsp3) is 0.417. The Morgan fingerprint density at radius 3 is 3.00 bits per heavy atom. The van der Waals surface area contributed by atoms with E-state index in [-0.39, 0.29) is 19.1 Å². The number of pyridine rings is 1. The lowest BCUT2D eigenvalue weighted by Crippen LogP contribution is -2.48. The van der Waals surface area contributed by atoms with E-state index in [2.05, 4.69) is 4.98 Å². The van der Waals surface area contributed by atoms with Crippen LogP contribution >= 0.6 is 0 Å². The monoisotopic (exact) mass is 250 g/mol. The molecule has 0 bridgehead atoms. The number of aryl methyl sites for hydroxylation is 1. The summed E-state index contributed by atoms with van der Waals surface area (Å²) in [6.07, 6.45) is 0.628. The molecule has 1 aromatic rings. The van der Waals surface area contributed by atoms with E-state index in [4.69, 9.17) is 9.84 Å². The molecule has 1 saturated heterocycles. The van der Waals surface area contributed by atoms with Crippen LogP contribution in [0.4, 0.5) is 0 Å². The van der Waals surface area contributed by atoms with E-state index in [0.717, 1.165) is 5.69 Å². The average Bonchev–Trinajstić information content (AvgIpc) is 2.38. The van der Waals surface area contributed by atoms with E-state index in [0.29, 0.717) is 12.1 Å². The Morgan fingerprint density at radius 1 is 1.56 bits per heavy atom. The maximum absolute atomic E-state index is 12.2. The molecule has 1 aromatic heterocycles. The van der Waals surface area contributed by atoms with Crippen molar-refractivity contribution in [1.82, 2.24) is 9.88 Å². The number of aromatic nitrogens is 1. The fourth-order valence-electron chi connectivity index (χ4n) is 1.84. The largest absolute Gasteiger partial charge is 0.479 e. The number of morpholine rings is 1. The number of carbonyl (C=O) groups excluding carboxylic acids is 1. The van der Waals surface area contributed by atoms with Gasteiger partial charge in [-0.25, -0.2) is 4.79 Å². The van der Waals surface area contributed by atoms with E-state index >= 15 is 0 Å². The van der Waals surface area contributed by atoms with Crippen LogP contribution in [0.25, 0.3) is 0 Å². The van der Waals surface area contributed by atoms with Crippen LogP contribution in [-0.4, -0.2) is 52.7 Å². The van der Waals surface area contributed by atoms with Gasteiger partial charge in [-0.3, -0.25) is 9.78 Å². The number of nitrogens with zero attached hydrogens (tertiary/aromatic N) is 2. The Kier molecular flexibility index (Phi) is 3.57. The molecule has 1 aliphatic rings. The highest BCUT2D eigenvalue weighted by Crippen LogP contribution is 2.11. The van der Waals surface area contributed by atoms with Crippen molar-refractivity contribution < 1.29 is 19.4 Å². The summed E-state index contributed by atoms with van der Waals surface area (Å²) >= 11 is 0. The third-order valence-corrected chi connectivity index (χ3v) is 2.77. The molecule has 1 atom stereocenters. The quantitative estimate of drug-likeness (QED) is 0.817. The molecule has 18 heavy (non-hydrogen) atoms. The number of carboxylic acids is 1. The zero-order valence-corrected chi connectivity index (χ0v) is 10.00. The van der Waals surface area contributed by atoms with Crippen molar-refractivity contribution in [2.75, 3.05) is 19.7 Å².